The molecule has 0 saturated heterocycles. The van der Waals surface area contributed by atoms with Crippen LogP contribution in [0.25, 0.3) is 0 Å². The summed E-state index contributed by atoms with van der Waals surface area (Å²) in [5, 5.41) is 0. The van der Waals surface area contributed by atoms with Crippen molar-refractivity contribution in [3.05, 3.63) is 29.8 Å². The van der Waals surface area contributed by atoms with Gasteiger partial charge in [0.15, 0.2) is 0 Å². The highest BCUT2D eigenvalue weighted by molar-refractivity contribution is 7.45. The Morgan fingerprint density at radius 2 is 1.27 bits per heavy atom. The molecular weight excluding hydrogens is 585 g/mol. The summed E-state index contributed by atoms with van der Waals surface area (Å²) in [6.07, 6.45) is 23.6. The molecule has 0 bridgehead atoms. The van der Waals surface area contributed by atoms with Gasteiger partial charge in [-0.3, -0.25) is 4.57 Å². The molecule has 2 atom stereocenters. The average Bonchev–Trinajstić information content (AvgIpc) is 2.97. The van der Waals surface area contributed by atoms with Crippen LogP contribution in [-0.2, 0) is 24.8 Å². The minimum Gasteiger partial charge on any atom is -0.756 e. The van der Waals surface area contributed by atoms with Crippen LogP contribution in [0.4, 0.5) is 0 Å². The maximum atomic E-state index is 12.4. The molecule has 0 aromatic heterocycles. The normalized spacial score (nSPS) is 13.9. The lowest BCUT2D eigenvalue weighted by Gasteiger charge is -2.26. The number of carbonyl (C=O) groups is 1. The van der Waals surface area contributed by atoms with Gasteiger partial charge < -0.3 is 28.0 Å². The van der Waals surface area contributed by atoms with Gasteiger partial charge in [-0.2, -0.15) is 0 Å². The zero-order valence-corrected chi connectivity index (χ0v) is 30.6. The molecule has 45 heavy (non-hydrogen) atoms. The third kappa shape index (κ3) is 25.5. The monoisotopic (exact) mass is 653 g/mol. The van der Waals surface area contributed by atoms with Crippen molar-refractivity contribution in [2.24, 2.45) is 5.92 Å². The second kappa shape index (κ2) is 25.8. The first-order valence-corrected chi connectivity index (χ1v) is 19.6. The molecule has 7 nitrogen and oxygen atoms in total. The SMILES string of the molecule is CCCCCCCCCCCCCCCCCCOc1ccccc1CC(COP(=O)([O-])OCCCC[N+](C)(C)C)CC(C)=O. The Hall–Kier alpha value is -1.24. The van der Waals surface area contributed by atoms with Crippen LogP contribution in [0.2, 0.25) is 0 Å². The molecule has 1 aromatic rings. The number of ether oxygens (including phenoxy) is 1. The molecule has 0 aliphatic heterocycles. The Bertz CT molecular complexity index is 918. The molecular formula is C37H68NO6P. The number of hydrogen-bond acceptors (Lipinski definition) is 6. The number of nitrogens with zero attached hydrogens (tertiary/aromatic N) is 1. The van der Waals surface area contributed by atoms with Crippen LogP contribution in [0.5, 0.6) is 5.75 Å². The predicted octanol–water partition coefficient (Wildman–Crippen LogP) is 9.45. The minimum absolute atomic E-state index is 0.00267. The van der Waals surface area contributed by atoms with Gasteiger partial charge in [-0.05, 0) is 50.2 Å². The number of ketones is 1. The number of quaternary nitrogens is 1. The fraction of sp³-hybridized carbons (Fsp3) is 0.811. The number of phosphoric acid groups is 1. The van der Waals surface area contributed by atoms with E-state index in [1.165, 1.54) is 96.8 Å². The smallest absolute Gasteiger partial charge is 0.267 e. The molecule has 8 heteroatoms. The fourth-order valence-corrected chi connectivity index (χ4v) is 6.47. The van der Waals surface area contributed by atoms with E-state index in [4.69, 9.17) is 13.8 Å². The summed E-state index contributed by atoms with van der Waals surface area (Å²) >= 11 is 0. The van der Waals surface area contributed by atoms with Crippen LogP contribution in [0.1, 0.15) is 141 Å². The number of carbonyl (C=O) groups excluding carboxylic acids is 1. The summed E-state index contributed by atoms with van der Waals surface area (Å²) in [5.41, 5.74) is 0.964. The van der Waals surface area contributed by atoms with Crippen molar-refractivity contribution in [3.63, 3.8) is 0 Å². The third-order valence-corrected chi connectivity index (χ3v) is 9.22. The minimum atomic E-state index is -4.43. The summed E-state index contributed by atoms with van der Waals surface area (Å²) < 4.78 is 29.6. The molecule has 0 fully saturated rings. The number of rotatable bonds is 31. The first-order valence-electron chi connectivity index (χ1n) is 18.1. The molecule has 262 valence electrons. The molecule has 0 radical (unpaired) electrons. The zero-order valence-electron chi connectivity index (χ0n) is 29.7. The topological polar surface area (TPSA) is 84.9 Å². The van der Waals surface area contributed by atoms with Crippen molar-refractivity contribution in [3.8, 4) is 5.75 Å². The molecule has 0 aliphatic rings. The number of para-hydroxylation sites is 1. The summed E-state index contributed by atoms with van der Waals surface area (Å²) in [4.78, 5) is 24.3. The van der Waals surface area contributed by atoms with Crippen LogP contribution >= 0.6 is 7.82 Å². The number of phosphoric ester groups is 1. The Labute approximate surface area is 277 Å². The van der Waals surface area contributed by atoms with Gasteiger partial charge in [0.1, 0.15) is 11.5 Å². The summed E-state index contributed by atoms with van der Waals surface area (Å²) in [6, 6.07) is 7.82. The van der Waals surface area contributed by atoms with E-state index in [-0.39, 0.29) is 31.3 Å². The fourth-order valence-electron chi connectivity index (χ4n) is 5.65. The van der Waals surface area contributed by atoms with Gasteiger partial charge in [0, 0.05) is 6.42 Å². The van der Waals surface area contributed by atoms with E-state index >= 15 is 0 Å². The number of Topliss-reactive ketones (excluding diaryl/α,β-unsaturated/α-hetero) is 1. The predicted molar refractivity (Wildman–Crippen MR) is 186 cm³/mol. The summed E-state index contributed by atoms with van der Waals surface area (Å²) in [7, 11) is 1.87. The van der Waals surface area contributed by atoms with E-state index in [1.807, 2.05) is 24.3 Å². The van der Waals surface area contributed by atoms with Crippen molar-refractivity contribution < 1.29 is 32.5 Å². The van der Waals surface area contributed by atoms with Crippen molar-refractivity contribution in [1.82, 2.24) is 0 Å². The van der Waals surface area contributed by atoms with Gasteiger partial charge in [0.05, 0.1) is 47.5 Å². The van der Waals surface area contributed by atoms with E-state index in [0.717, 1.165) is 41.6 Å². The van der Waals surface area contributed by atoms with Gasteiger partial charge in [0.25, 0.3) is 7.82 Å². The second-order valence-corrected chi connectivity index (χ2v) is 15.4. The highest BCUT2D eigenvalue weighted by Crippen LogP contribution is 2.39. The molecule has 0 heterocycles. The first kappa shape index (κ1) is 41.8. The standard InChI is InChI=1S/C37H68NO6P/c1-6-7-8-9-10-11-12-13-14-15-16-17-18-19-20-24-29-42-37-27-22-21-26-36(37)32-35(31-34(2)39)33-44-45(40,41)43-30-25-23-28-38(3,4)5/h21-22,26-27,35H,6-20,23-25,28-33H2,1-5H3. The summed E-state index contributed by atoms with van der Waals surface area (Å²) in [5.74, 6) is 0.509. The van der Waals surface area contributed by atoms with Gasteiger partial charge in [-0.15, -0.1) is 0 Å². The average molecular weight is 654 g/mol. The molecule has 1 aromatic carbocycles. The van der Waals surface area contributed by atoms with E-state index in [0.29, 0.717) is 19.4 Å². The van der Waals surface area contributed by atoms with Crippen molar-refractivity contribution in [1.29, 1.82) is 0 Å². The van der Waals surface area contributed by atoms with E-state index in [1.54, 1.807) is 0 Å². The first-order chi connectivity index (χ1) is 21.5. The highest BCUT2D eigenvalue weighted by Gasteiger charge is 2.19. The Balaban J connectivity index is 2.28. The maximum Gasteiger partial charge on any atom is 0.267 e. The molecule has 2 unspecified atom stereocenters. The van der Waals surface area contributed by atoms with Crippen LogP contribution in [0.3, 0.4) is 0 Å². The summed E-state index contributed by atoms with van der Waals surface area (Å²) in [6.45, 7) is 5.41. The van der Waals surface area contributed by atoms with E-state index in [9.17, 15) is 14.3 Å². The third-order valence-electron chi connectivity index (χ3n) is 8.25. The van der Waals surface area contributed by atoms with Crippen molar-refractivity contribution >= 4 is 13.6 Å². The molecule has 0 aliphatic carbocycles. The van der Waals surface area contributed by atoms with E-state index < -0.39 is 7.82 Å². The van der Waals surface area contributed by atoms with Crippen LogP contribution in [-0.4, -0.2) is 57.8 Å². The zero-order chi connectivity index (χ0) is 33.2. The maximum absolute atomic E-state index is 12.4. The molecule has 1 rings (SSSR count). The number of unbranched alkanes of at least 4 members (excludes halogenated alkanes) is 16. The van der Waals surface area contributed by atoms with E-state index in [2.05, 4.69) is 28.1 Å². The lowest BCUT2D eigenvalue weighted by Crippen LogP contribution is -2.35. The van der Waals surface area contributed by atoms with Gasteiger partial charge in [-0.1, -0.05) is 121 Å². The highest BCUT2D eigenvalue weighted by atomic mass is 31.2. The lowest BCUT2D eigenvalue weighted by atomic mass is 9.95. The molecule has 0 spiro atoms. The number of benzene rings is 1. The molecule has 0 saturated carbocycles. The van der Waals surface area contributed by atoms with Crippen LogP contribution in [0, 0.1) is 5.92 Å². The molecule has 0 N–H and O–H groups in total. The largest absolute Gasteiger partial charge is 0.756 e. The van der Waals surface area contributed by atoms with Gasteiger partial charge >= 0.3 is 0 Å². The quantitative estimate of drug-likeness (QED) is 0.0451. The van der Waals surface area contributed by atoms with Crippen molar-refractivity contribution in [2.45, 2.75) is 142 Å². The van der Waals surface area contributed by atoms with Crippen LogP contribution < -0.4 is 9.63 Å². The second-order valence-electron chi connectivity index (χ2n) is 14.0. The molecule has 0 amide bonds. The Morgan fingerprint density at radius 1 is 0.756 bits per heavy atom. The van der Waals surface area contributed by atoms with Crippen molar-refractivity contribution in [2.75, 3.05) is 47.5 Å². The van der Waals surface area contributed by atoms with Gasteiger partial charge in [0.2, 0.25) is 0 Å². The lowest BCUT2D eigenvalue weighted by molar-refractivity contribution is -0.870. The number of hydrogen-bond donors (Lipinski definition) is 0. The Kier molecular flexibility index (Phi) is 24.0. The van der Waals surface area contributed by atoms with Crippen LogP contribution in [0.15, 0.2) is 24.3 Å². The van der Waals surface area contributed by atoms with Gasteiger partial charge in [-0.25, -0.2) is 0 Å². The Morgan fingerprint density at radius 3 is 1.80 bits per heavy atom.